The lowest BCUT2D eigenvalue weighted by Gasteiger charge is -2.14. The Kier molecular flexibility index (Phi) is 10.8. The highest BCUT2D eigenvalue weighted by Gasteiger charge is 2.15. The molecule has 0 saturated heterocycles. The van der Waals surface area contributed by atoms with Crippen LogP contribution >= 0.6 is 31.9 Å². The van der Waals surface area contributed by atoms with Gasteiger partial charge in [0.05, 0.1) is 33.5 Å². The lowest BCUT2D eigenvalue weighted by molar-refractivity contribution is 0.101. The van der Waals surface area contributed by atoms with E-state index >= 15 is 0 Å². The van der Waals surface area contributed by atoms with E-state index in [1.54, 1.807) is 60.7 Å². The third-order valence-corrected chi connectivity index (χ3v) is 6.56. The van der Waals surface area contributed by atoms with Gasteiger partial charge < -0.3 is 20.1 Å². The van der Waals surface area contributed by atoms with Gasteiger partial charge in [0.2, 0.25) is 0 Å². The maximum Gasteiger partial charge on any atom is 0.255 e. The molecule has 0 atom stereocenters. The Balaban J connectivity index is 1.68. The molecule has 2 amide bonds. The van der Waals surface area contributed by atoms with Gasteiger partial charge in [-0.3, -0.25) is 9.59 Å². The topological polar surface area (TPSA) is 76.7 Å². The molecule has 0 aliphatic heterocycles. The van der Waals surface area contributed by atoms with Gasteiger partial charge in [0.1, 0.15) is 11.5 Å². The minimum atomic E-state index is -0.297. The zero-order chi connectivity index (χ0) is 25.9. The Morgan fingerprint density at radius 2 is 1.11 bits per heavy atom. The van der Waals surface area contributed by atoms with Crippen LogP contribution in [0.1, 0.15) is 60.2 Å². The molecular formula is C28H30Br2N2O4. The maximum atomic E-state index is 12.9. The number of nitrogens with one attached hydrogen (secondary N) is 2. The molecule has 0 bridgehead atoms. The van der Waals surface area contributed by atoms with Crippen LogP contribution < -0.4 is 20.1 Å². The Morgan fingerprint density at radius 3 is 1.47 bits per heavy atom. The number of unbranched alkanes of at least 4 members (excludes halogenated alkanes) is 2. The lowest BCUT2D eigenvalue weighted by Crippen LogP contribution is -2.17. The van der Waals surface area contributed by atoms with Crippen LogP contribution in [-0.2, 0) is 0 Å². The van der Waals surface area contributed by atoms with Gasteiger partial charge in [0.25, 0.3) is 11.8 Å². The second kappa shape index (κ2) is 14.0. The molecule has 3 aromatic rings. The van der Waals surface area contributed by atoms with Crippen molar-refractivity contribution in [3.63, 3.8) is 0 Å². The molecule has 0 saturated carbocycles. The van der Waals surface area contributed by atoms with E-state index in [1.807, 2.05) is 0 Å². The molecule has 0 aliphatic rings. The molecule has 0 unspecified atom stereocenters. The highest BCUT2D eigenvalue weighted by atomic mass is 79.9. The smallest absolute Gasteiger partial charge is 0.255 e. The summed E-state index contributed by atoms with van der Waals surface area (Å²) in [6, 6.07) is 17.5. The van der Waals surface area contributed by atoms with Crippen LogP contribution in [0.15, 0.2) is 69.6 Å². The third-order valence-electron chi connectivity index (χ3n) is 5.32. The Bertz CT molecular complexity index is 1110. The van der Waals surface area contributed by atoms with E-state index in [1.165, 1.54) is 0 Å². The van der Waals surface area contributed by atoms with Crippen LogP contribution in [0.2, 0.25) is 0 Å². The van der Waals surface area contributed by atoms with Crippen molar-refractivity contribution in [3.05, 3.63) is 80.7 Å². The molecule has 8 heteroatoms. The predicted octanol–water partition coefficient (Wildman–Crippen LogP) is 8.07. The minimum Gasteiger partial charge on any atom is -0.492 e. The molecule has 0 aromatic heterocycles. The number of rotatable bonds is 12. The normalized spacial score (nSPS) is 10.6. The number of amides is 2. The van der Waals surface area contributed by atoms with Crippen molar-refractivity contribution in [1.29, 1.82) is 0 Å². The van der Waals surface area contributed by atoms with Gasteiger partial charge in [-0.05, 0) is 93.2 Å². The zero-order valence-electron chi connectivity index (χ0n) is 20.4. The van der Waals surface area contributed by atoms with E-state index in [9.17, 15) is 9.59 Å². The first-order valence-corrected chi connectivity index (χ1v) is 13.6. The first-order valence-electron chi connectivity index (χ1n) is 12.0. The summed E-state index contributed by atoms with van der Waals surface area (Å²) >= 11 is 6.96. The molecule has 0 aliphatic carbocycles. The number of ether oxygens (including phenoxy) is 2. The van der Waals surface area contributed by atoms with Gasteiger partial charge in [0.15, 0.2) is 0 Å². The Hall–Kier alpha value is -2.84. The molecule has 0 spiro atoms. The molecule has 6 nitrogen and oxygen atoms in total. The summed E-state index contributed by atoms with van der Waals surface area (Å²) in [6.45, 7) is 5.45. The zero-order valence-corrected chi connectivity index (χ0v) is 23.6. The van der Waals surface area contributed by atoms with E-state index in [-0.39, 0.29) is 11.8 Å². The SMILES string of the molecule is CCCCOc1ccc(C(=O)Nc2ccccc2NC(=O)c2ccc(OCCCC)c(Br)c2)cc1Br. The van der Waals surface area contributed by atoms with E-state index in [0.29, 0.717) is 56.2 Å². The van der Waals surface area contributed by atoms with E-state index in [0.717, 1.165) is 25.7 Å². The number of anilines is 2. The van der Waals surface area contributed by atoms with Gasteiger partial charge in [-0.25, -0.2) is 0 Å². The van der Waals surface area contributed by atoms with Gasteiger partial charge in [-0.15, -0.1) is 0 Å². The summed E-state index contributed by atoms with van der Waals surface area (Å²) in [7, 11) is 0. The van der Waals surface area contributed by atoms with Crippen LogP contribution in [0.4, 0.5) is 11.4 Å². The monoisotopic (exact) mass is 616 g/mol. The van der Waals surface area contributed by atoms with Crippen molar-refractivity contribution in [1.82, 2.24) is 0 Å². The van der Waals surface area contributed by atoms with Crippen LogP contribution in [0, 0.1) is 0 Å². The standard InChI is InChI=1S/C28H30Br2N2O4/c1-3-5-15-35-25-13-11-19(17-21(25)29)27(33)31-23-9-7-8-10-24(23)32-28(34)20-12-14-26(22(30)18-20)36-16-6-4-2/h7-14,17-18H,3-6,15-16H2,1-2H3,(H,31,33)(H,32,34). The fraction of sp³-hybridized carbons (Fsp3) is 0.286. The molecular weight excluding hydrogens is 588 g/mol. The largest absolute Gasteiger partial charge is 0.492 e. The number of para-hydroxylation sites is 2. The molecule has 36 heavy (non-hydrogen) atoms. The summed E-state index contributed by atoms with van der Waals surface area (Å²) in [5, 5.41) is 5.77. The number of carbonyl (C=O) groups excluding carboxylic acids is 2. The number of hydrogen-bond acceptors (Lipinski definition) is 4. The quantitative estimate of drug-likeness (QED) is 0.201. The summed E-state index contributed by atoms with van der Waals surface area (Å²) in [5.41, 5.74) is 1.92. The van der Waals surface area contributed by atoms with Gasteiger partial charge in [-0.2, -0.15) is 0 Å². The maximum absolute atomic E-state index is 12.9. The van der Waals surface area contributed by atoms with Crippen LogP contribution in [-0.4, -0.2) is 25.0 Å². The number of hydrogen-bond donors (Lipinski definition) is 2. The van der Waals surface area contributed by atoms with Gasteiger partial charge in [0, 0.05) is 11.1 Å². The summed E-state index contributed by atoms with van der Waals surface area (Å²) < 4.78 is 12.9. The second-order valence-corrected chi connectivity index (χ2v) is 9.86. The van der Waals surface area contributed by atoms with Crippen molar-refractivity contribution < 1.29 is 19.1 Å². The van der Waals surface area contributed by atoms with Crippen molar-refractivity contribution >= 4 is 55.0 Å². The molecule has 0 fully saturated rings. The summed E-state index contributed by atoms with van der Waals surface area (Å²) in [6.07, 6.45) is 4.02. The van der Waals surface area contributed by atoms with E-state index in [2.05, 4.69) is 56.3 Å². The average Bonchev–Trinajstić information content (AvgIpc) is 2.87. The Morgan fingerprint density at radius 1 is 0.694 bits per heavy atom. The third kappa shape index (κ3) is 7.83. The Labute approximate surface area is 229 Å². The second-order valence-electron chi connectivity index (χ2n) is 8.15. The van der Waals surface area contributed by atoms with Crippen LogP contribution in [0.5, 0.6) is 11.5 Å². The summed E-state index contributed by atoms with van der Waals surface area (Å²) in [4.78, 5) is 25.9. The molecule has 3 aromatic carbocycles. The first-order chi connectivity index (χ1) is 17.4. The highest BCUT2D eigenvalue weighted by molar-refractivity contribution is 9.10. The molecule has 2 N–H and O–H groups in total. The highest BCUT2D eigenvalue weighted by Crippen LogP contribution is 2.29. The van der Waals surface area contributed by atoms with Crippen molar-refractivity contribution in [2.24, 2.45) is 0 Å². The average molecular weight is 618 g/mol. The number of benzene rings is 3. The van der Waals surface area contributed by atoms with E-state index in [4.69, 9.17) is 9.47 Å². The van der Waals surface area contributed by atoms with Gasteiger partial charge in [-0.1, -0.05) is 38.8 Å². The van der Waals surface area contributed by atoms with Crippen LogP contribution in [0.25, 0.3) is 0 Å². The first kappa shape index (κ1) is 27.7. The molecule has 0 radical (unpaired) electrons. The fourth-order valence-corrected chi connectivity index (χ4v) is 4.25. The molecule has 3 rings (SSSR count). The number of halogens is 2. The van der Waals surface area contributed by atoms with Crippen molar-refractivity contribution in [2.75, 3.05) is 23.8 Å². The lowest BCUT2D eigenvalue weighted by atomic mass is 10.1. The molecule has 0 heterocycles. The van der Waals surface area contributed by atoms with Crippen molar-refractivity contribution in [2.45, 2.75) is 39.5 Å². The summed E-state index contributed by atoms with van der Waals surface area (Å²) in [5.74, 6) is 0.795. The molecule has 190 valence electrons. The van der Waals surface area contributed by atoms with E-state index < -0.39 is 0 Å². The fourth-order valence-electron chi connectivity index (χ4n) is 3.26. The number of carbonyl (C=O) groups is 2. The van der Waals surface area contributed by atoms with Crippen molar-refractivity contribution in [3.8, 4) is 11.5 Å². The minimum absolute atomic E-state index is 0.297. The predicted molar refractivity (Wildman–Crippen MR) is 151 cm³/mol. The van der Waals surface area contributed by atoms with Crippen LogP contribution in [0.3, 0.4) is 0 Å². The van der Waals surface area contributed by atoms with Gasteiger partial charge >= 0.3 is 0 Å².